The Labute approximate surface area is 111 Å². The van der Waals surface area contributed by atoms with Gasteiger partial charge in [0, 0.05) is 13.2 Å². The summed E-state index contributed by atoms with van der Waals surface area (Å²) in [6.07, 6.45) is 4.50. The van der Waals surface area contributed by atoms with Crippen LogP contribution in [-0.4, -0.2) is 50.2 Å². The molecule has 108 valence electrons. The van der Waals surface area contributed by atoms with Gasteiger partial charge in [0.05, 0.1) is 32.0 Å². The molecule has 2 atom stereocenters. The maximum absolute atomic E-state index is 9.75. The fraction of sp³-hybridized carbons (Fsp3) is 1.00. The van der Waals surface area contributed by atoms with E-state index in [1.54, 1.807) is 0 Å². The van der Waals surface area contributed by atoms with E-state index in [9.17, 15) is 5.11 Å². The summed E-state index contributed by atoms with van der Waals surface area (Å²) >= 11 is 0. The SMILES string of the molecule is CCCCC(CC)COCC(O)CNC1COC1. The minimum atomic E-state index is -0.408. The summed E-state index contributed by atoms with van der Waals surface area (Å²) in [7, 11) is 0. The Balaban J connectivity index is 1.96. The highest BCUT2D eigenvalue weighted by Crippen LogP contribution is 2.12. The second-order valence-electron chi connectivity index (χ2n) is 5.25. The lowest BCUT2D eigenvalue weighted by molar-refractivity contribution is -0.0196. The van der Waals surface area contributed by atoms with Crippen molar-refractivity contribution >= 4 is 0 Å². The van der Waals surface area contributed by atoms with Crippen LogP contribution in [0, 0.1) is 5.92 Å². The third-order valence-corrected chi connectivity index (χ3v) is 3.49. The number of nitrogens with one attached hydrogen (secondary N) is 1. The minimum absolute atomic E-state index is 0.408. The van der Waals surface area contributed by atoms with Crippen LogP contribution < -0.4 is 5.32 Å². The lowest BCUT2D eigenvalue weighted by Crippen LogP contribution is -2.49. The van der Waals surface area contributed by atoms with Crippen molar-refractivity contribution in [3.63, 3.8) is 0 Å². The van der Waals surface area contributed by atoms with E-state index in [4.69, 9.17) is 9.47 Å². The summed E-state index contributed by atoms with van der Waals surface area (Å²) in [5.41, 5.74) is 0. The largest absolute Gasteiger partial charge is 0.389 e. The summed E-state index contributed by atoms with van der Waals surface area (Å²) < 4.78 is 10.7. The van der Waals surface area contributed by atoms with E-state index in [0.29, 0.717) is 25.1 Å². The maximum Gasteiger partial charge on any atom is 0.0897 e. The van der Waals surface area contributed by atoms with Crippen LogP contribution in [0.5, 0.6) is 0 Å². The predicted octanol–water partition coefficient (Wildman–Crippen LogP) is 1.57. The van der Waals surface area contributed by atoms with E-state index >= 15 is 0 Å². The van der Waals surface area contributed by atoms with Crippen LogP contribution in [0.25, 0.3) is 0 Å². The highest BCUT2D eigenvalue weighted by molar-refractivity contribution is 4.74. The molecule has 0 spiro atoms. The highest BCUT2D eigenvalue weighted by Gasteiger charge is 2.18. The third-order valence-electron chi connectivity index (χ3n) is 3.49. The normalized spacial score (nSPS) is 19.5. The predicted molar refractivity (Wildman–Crippen MR) is 72.7 cm³/mol. The van der Waals surface area contributed by atoms with Crippen molar-refractivity contribution in [1.82, 2.24) is 5.32 Å². The van der Waals surface area contributed by atoms with Crippen molar-refractivity contribution in [2.75, 3.05) is 33.0 Å². The van der Waals surface area contributed by atoms with Crippen LogP contribution in [0.4, 0.5) is 0 Å². The number of hydrogen-bond acceptors (Lipinski definition) is 4. The lowest BCUT2D eigenvalue weighted by atomic mass is 10.0. The topological polar surface area (TPSA) is 50.7 Å². The van der Waals surface area contributed by atoms with Crippen molar-refractivity contribution in [2.45, 2.75) is 51.7 Å². The molecule has 0 amide bonds. The van der Waals surface area contributed by atoms with Crippen molar-refractivity contribution in [3.8, 4) is 0 Å². The average molecular weight is 259 g/mol. The zero-order valence-electron chi connectivity index (χ0n) is 11.9. The Kier molecular flexibility index (Phi) is 8.59. The number of unbranched alkanes of at least 4 members (excludes halogenated alkanes) is 1. The van der Waals surface area contributed by atoms with Crippen molar-refractivity contribution in [2.24, 2.45) is 5.92 Å². The quantitative estimate of drug-likeness (QED) is 0.591. The van der Waals surface area contributed by atoms with Crippen molar-refractivity contribution in [3.05, 3.63) is 0 Å². The molecule has 4 nitrogen and oxygen atoms in total. The molecule has 2 unspecified atom stereocenters. The van der Waals surface area contributed by atoms with Gasteiger partial charge in [-0.25, -0.2) is 0 Å². The van der Waals surface area contributed by atoms with Gasteiger partial charge < -0.3 is 19.9 Å². The van der Waals surface area contributed by atoms with Crippen molar-refractivity contribution in [1.29, 1.82) is 0 Å². The molecule has 1 fully saturated rings. The summed E-state index contributed by atoms with van der Waals surface area (Å²) in [5.74, 6) is 0.644. The molecule has 1 aliphatic heterocycles. The summed E-state index contributed by atoms with van der Waals surface area (Å²) in [4.78, 5) is 0. The monoisotopic (exact) mass is 259 g/mol. The number of hydrogen-bond donors (Lipinski definition) is 2. The van der Waals surface area contributed by atoms with Crippen LogP contribution in [0.1, 0.15) is 39.5 Å². The van der Waals surface area contributed by atoms with Gasteiger partial charge in [-0.3, -0.25) is 0 Å². The molecule has 0 aromatic heterocycles. The fourth-order valence-corrected chi connectivity index (χ4v) is 1.98. The molecule has 18 heavy (non-hydrogen) atoms. The first kappa shape index (κ1) is 15.9. The molecule has 1 aliphatic rings. The zero-order valence-corrected chi connectivity index (χ0v) is 11.9. The third kappa shape index (κ3) is 6.69. The van der Waals surface area contributed by atoms with Gasteiger partial charge in [0.15, 0.2) is 0 Å². The van der Waals surface area contributed by atoms with Crippen molar-refractivity contribution < 1.29 is 14.6 Å². The molecule has 0 radical (unpaired) electrons. The minimum Gasteiger partial charge on any atom is -0.389 e. The van der Waals surface area contributed by atoms with E-state index in [0.717, 1.165) is 26.2 Å². The van der Waals surface area contributed by atoms with Gasteiger partial charge in [-0.1, -0.05) is 33.1 Å². The Morgan fingerprint density at radius 2 is 2.11 bits per heavy atom. The molecule has 0 aliphatic carbocycles. The van der Waals surface area contributed by atoms with Gasteiger partial charge in [-0.15, -0.1) is 0 Å². The Hall–Kier alpha value is -0.160. The van der Waals surface area contributed by atoms with E-state index in [2.05, 4.69) is 19.2 Å². The first-order valence-corrected chi connectivity index (χ1v) is 7.33. The molecule has 0 bridgehead atoms. The van der Waals surface area contributed by atoms with E-state index in [-0.39, 0.29) is 0 Å². The van der Waals surface area contributed by atoms with E-state index in [1.807, 2.05) is 0 Å². The smallest absolute Gasteiger partial charge is 0.0897 e. The Morgan fingerprint density at radius 3 is 2.67 bits per heavy atom. The maximum atomic E-state index is 9.75. The number of aliphatic hydroxyl groups excluding tert-OH is 1. The summed E-state index contributed by atoms with van der Waals surface area (Å²) in [5, 5.41) is 13.0. The van der Waals surface area contributed by atoms with Crippen LogP contribution in [-0.2, 0) is 9.47 Å². The van der Waals surface area contributed by atoms with Crippen LogP contribution >= 0.6 is 0 Å². The van der Waals surface area contributed by atoms with E-state index in [1.165, 1.54) is 19.3 Å². The van der Waals surface area contributed by atoms with Gasteiger partial charge in [-0.05, 0) is 12.3 Å². The molecule has 0 aromatic carbocycles. The molecule has 1 rings (SSSR count). The molecular formula is C14H29NO3. The first-order chi connectivity index (χ1) is 8.76. The molecule has 2 N–H and O–H groups in total. The first-order valence-electron chi connectivity index (χ1n) is 7.33. The number of ether oxygens (including phenoxy) is 2. The van der Waals surface area contributed by atoms with Gasteiger partial charge in [-0.2, -0.15) is 0 Å². The Bertz CT molecular complexity index is 197. The molecule has 4 heteroatoms. The Morgan fingerprint density at radius 1 is 1.33 bits per heavy atom. The molecule has 1 saturated heterocycles. The molecule has 0 saturated carbocycles. The van der Waals surface area contributed by atoms with Crippen LogP contribution in [0.15, 0.2) is 0 Å². The molecule has 0 aromatic rings. The van der Waals surface area contributed by atoms with Gasteiger partial charge in [0.25, 0.3) is 0 Å². The summed E-state index contributed by atoms with van der Waals surface area (Å²) in [6.45, 7) is 7.76. The fourth-order valence-electron chi connectivity index (χ4n) is 1.98. The van der Waals surface area contributed by atoms with Crippen LogP contribution in [0.2, 0.25) is 0 Å². The standard InChI is InChI=1S/C14H29NO3/c1-3-5-6-12(4-2)8-17-11-14(16)7-15-13-9-18-10-13/h12-16H,3-11H2,1-2H3. The average Bonchev–Trinajstić information content (AvgIpc) is 2.31. The van der Waals surface area contributed by atoms with Gasteiger partial charge in [0.2, 0.25) is 0 Å². The summed E-state index contributed by atoms with van der Waals surface area (Å²) in [6, 6.07) is 0.424. The highest BCUT2D eigenvalue weighted by atomic mass is 16.5. The number of rotatable bonds is 11. The van der Waals surface area contributed by atoms with Gasteiger partial charge in [0.1, 0.15) is 0 Å². The number of aliphatic hydroxyl groups is 1. The van der Waals surface area contributed by atoms with Gasteiger partial charge >= 0.3 is 0 Å². The second kappa shape index (κ2) is 9.73. The van der Waals surface area contributed by atoms with E-state index < -0.39 is 6.10 Å². The molecular weight excluding hydrogens is 230 g/mol. The molecule has 1 heterocycles. The van der Waals surface area contributed by atoms with Crippen LogP contribution in [0.3, 0.4) is 0 Å². The zero-order chi connectivity index (χ0) is 13.2. The second-order valence-corrected chi connectivity index (χ2v) is 5.25. The lowest BCUT2D eigenvalue weighted by Gasteiger charge is -2.28.